The number of aliphatic hydroxyl groups excluding tert-OH is 1. The molecule has 0 aliphatic heterocycles. The average Bonchev–Trinajstić information content (AvgIpc) is 2.40. The predicted molar refractivity (Wildman–Crippen MR) is 76.2 cm³/mol. The lowest BCUT2D eigenvalue weighted by atomic mass is 10.1. The van der Waals surface area contributed by atoms with Crippen LogP contribution in [0.15, 0.2) is 57.9 Å². The van der Waals surface area contributed by atoms with Crippen LogP contribution in [-0.4, -0.2) is 10.9 Å². The Bertz CT molecular complexity index is 518. The lowest BCUT2D eigenvalue weighted by molar-refractivity contribution is 0.198. The molecule has 4 heteroatoms. The van der Waals surface area contributed by atoms with Gasteiger partial charge >= 0.3 is 0 Å². The van der Waals surface area contributed by atoms with E-state index in [0.717, 1.165) is 4.90 Å². The molecule has 18 heavy (non-hydrogen) atoms. The zero-order chi connectivity index (χ0) is 13.0. The van der Waals surface area contributed by atoms with Gasteiger partial charge in [-0.2, -0.15) is 0 Å². The molecule has 0 spiro atoms. The first kappa shape index (κ1) is 13.6. The van der Waals surface area contributed by atoms with Gasteiger partial charge in [0.2, 0.25) is 0 Å². The molecule has 1 atom stereocenters. The van der Waals surface area contributed by atoms with Crippen molar-refractivity contribution >= 4 is 27.7 Å². The van der Waals surface area contributed by atoms with Crippen molar-refractivity contribution in [2.75, 3.05) is 5.75 Å². The van der Waals surface area contributed by atoms with Gasteiger partial charge in [0.15, 0.2) is 0 Å². The number of aliphatic hydroxyl groups is 1. The van der Waals surface area contributed by atoms with Gasteiger partial charge in [0.05, 0.1) is 10.6 Å². The van der Waals surface area contributed by atoms with Crippen LogP contribution in [-0.2, 0) is 0 Å². The third-order valence-corrected chi connectivity index (χ3v) is 4.19. The van der Waals surface area contributed by atoms with E-state index in [2.05, 4.69) is 15.9 Å². The molecule has 1 unspecified atom stereocenters. The summed E-state index contributed by atoms with van der Waals surface area (Å²) in [6, 6.07) is 14.7. The molecular formula is C14H12BrFOS. The summed E-state index contributed by atoms with van der Waals surface area (Å²) in [6.07, 6.45) is -0.812. The summed E-state index contributed by atoms with van der Waals surface area (Å²) in [5.74, 6) is 0.0378. The first-order valence-electron chi connectivity index (χ1n) is 5.48. The number of benzene rings is 2. The van der Waals surface area contributed by atoms with E-state index in [9.17, 15) is 9.50 Å². The van der Waals surface area contributed by atoms with Crippen LogP contribution in [0.3, 0.4) is 0 Å². The van der Waals surface area contributed by atoms with Crippen LogP contribution in [0.5, 0.6) is 0 Å². The van der Waals surface area contributed by atoms with E-state index in [-0.39, 0.29) is 0 Å². The van der Waals surface area contributed by atoms with Crippen molar-refractivity contribution in [3.8, 4) is 0 Å². The van der Waals surface area contributed by atoms with Crippen molar-refractivity contribution in [3.05, 3.63) is 64.4 Å². The first-order chi connectivity index (χ1) is 8.68. The number of hydrogen-bond acceptors (Lipinski definition) is 2. The molecule has 0 radical (unpaired) electrons. The van der Waals surface area contributed by atoms with E-state index in [1.807, 2.05) is 30.3 Å². The molecule has 0 aromatic heterocycles. The lowest BCUT2D eigenvalue weighted by Gasteiger charge is -2.12. The fourth-order valence-electron chi connectivity index (χ4n) is 1.56. The Balaban J connectivity index is 2.04. The molecule has 1 nitrogen and oxygen atoms in total. The summed E-state index contributed by atoms with van der Waals surface area (Å²) in [5, 5.41) is 10.0. The molecule has 0 saturated carbocycles. The van der Waals surface area contributed by atoms with Crippen LogP contribution in [0.4, 0.5) is 4.39 Å². The summed E-state index contributed by atoms with van der Waals surface area (Å²) >= 11 is 4.62. The fourth-order valence-corrected chi connectivity index (χ4v) is 2.82. The molecule has 0 heterocycles. The molecule has 0 bridgehead atoms. The highest BCUT2D eigenvalue weighted by Gasteiger charge is 2.14. The third kappa shape index (κ3) is 3.34. The largest absolute Gasteiger partial charge is 0.387 e. The molecule has 0 saturated heterocycles. The quantitative estimate of drug-likeness (QED) is 0.839. The van der Waals surface area contributed by atoms with Crippen molar-refractivity contribution in [3.63, 3.8) is 0 Å². The minimum atomic E-state index is -0.812. The van der Waals surface area contributed by atoms with Crippen molar-refractivity contribution in [2.45, 2.75) is 11.0 Å². The van der Waals surface area contributed by atoms with E-state index in [0.29, 0.717) is 15.8 Å². The molecular weight excluding hydrogens is 315 g/mol. The summed E-state index contributed by atoms with van der Waals surface area (Å²) in [5.41, 5.74) is 0.327. The van der Waals surface area contributed by atoms with Gasteiger partial charge in [-0.15, -0.1) is 11.8 Å². The zero-order valence-corrected chi connectivity index (χ0v) is 11.9. The Morgan fingerprint density at radius 2 is 1.83 bits per heavy atom. The third-order valence-electron chi connectivity index (χ3n) is 2.49. The lowest BCUT2D eigenvalue weighted by Crippen LogP contribution is -2.03. The highest BCUT2D eigenvalue weighted by Crippen LogP contribution is 2.28. The Morgan fingerprint density at radius 1 is 1.11 bits per heavy atom. The molecule has 0 fully saturated rings. The highest BCUT2D eigenvalue weighted by atomic mass is 79.9. The van der Waals surface area contributed by atoms with E-state index in [4.69, 9.17) is 0 Å². The molecule has 0 aliphatic rings. The smallest absolute Gasteiger partial charge is 0.143 e. The van der Waals surface area contributed by atoms with Crippen molar-refractivity contribution in [1.82, 2.24) is 0 Å². The monoisotopic (exact) mass is 326 g/mol. The van der Waals surface area contributed by atoms with Gasteiger partial charge in [-0.3, -0.25) is 0 Å². The van der Waals surface area contributed by atoms with E-state index in [1.54, 1.807) is 18.2 Å². The molecule has 1 N–H and O–H groups in total. The number of hydrogen-bond donors (Lipinski definition) is 1. The van der Waals surface area contributed by atoms with E-state index >= 15 is 0 Å². The maximum atomic E-state index is 13.8. The molecule has 0 amide bonds. The van der Waals surface area contributed by atoms with Crippen molar-refractivity contribution < 1.29 is 9.50 Å². The summed E-state index contributed by atoms with van der Waals surface area (Å²) in [6.45, 7) is 0. The summed E-state index contributed by atoms with van der Waals surface area (Å²) in [4.78, 5) is 1.06. The van der Waals surface area contributed by atoms with Gasteiger partial charge < -0.3 is 5.11 Å². The van der Waals surface area contributed by atoms with Crippen LogP contribution in [0.1, 0.15) is 11.7 Å². The highest BCUT2D eigenvalue weighted by molar-refractivity contribution is 9.10. The SMILES string of the molecule is OC(CSc1ccccc1)c1cccc(Br)c1F. The van der Waals surface area contributed by atoms with Gasteiger partial charge in [-0.05, 0) is 34.1 Å². The summed E-state index contributed by atoms with van der Waals surface area (Å²) < 4.78 is 14.1. The second-order valence-corrected chi connectivity index (χ2v) is 5.73. The topological polar surface area (TPSA) is 20.2 Å². The van der Waals surface area contributed by atoms with E-state index in [1.165, 1.54) is 11.8 Å². The Morgan fingerprint density at radius 3 is 2.56 bits per heavy atom. The van der Waals surface area contributed by atoms with Gasteiger partial charge in [0, 0.05) is 16.2 Å². The molecule has 0 aliphatic carbocycles. The molecule has 2 aromatic carbocycles. The van der Waals surface area contributed by atoms with Gasteiger partial charge in [0.1, 0.15) is 5.82 Å². The average molecular weight is 327 g/mol. The number of thioether (sulfide) groups is 1. The molecule has 2 rings (SSSR count). The van der Waals surface area contributed by atoms with Crippen molar-refractivity contribution in [1.29, 1.82) is 0 Å². The summed E-state index contributed by atoms with van der Waals surface area (Å²) in [7, 11) is 0. The first-order valence-corrected chi connectivity index (χ1v) is 7.26. The Hall–Kier alpha value is -0.840. The minimum absolute atomic E-state index is 0.327. The van der Waals surface area contributed by atoms with Crippen LogP contribution >= 0.6 is 27.7 Å². The van der Waals surface area contributed by atoms with Crippen molar-refractivity contribution in [2.24, 2.45) is 0 Å². The van der Waals surface area contributed by atoms with E-state index < -0.39 is 11.9 Å². The maximum Gasteiger partial charge on any atom is 0.143 e. The minimum Gasteiger partial charge on any atom is -0.387 e. The van der Waals surface area contributed by atoms with Crippen LogP contribution in [0.25, 0.3) is 0 Å². The van der Waals surface area contributed by atoms with Gasteiger partial charge in [-0.25, -0.2) is 4.39 Å². The normalized spacial score (nSPS) is 12.4. The molecule has 2 aromatic rings. The van der Waals surface area contributed by atoms with Crippen LogP contribution in [0.2, 0.25) is 0 Å². The Kier molecular flexibility index (Phi) is 4.80. The second-order valence-electron chi connectivity index (χ2n) is 3.78. The van der Waals surface area contributed by atoms with Crippen LogP contribution < -0.4 is 0 Å². The number of rotatable bonds is 4. The predicted octanol–water partition coefficient (Wildman–Crippen LogP) is 4.41. The molecule has 94 valence electrons. The zero-order valence-electron chi connectivity index (χ0n) is 9.51. The van der Waals surface area contributed by atoms with Gasteiger partial charge in [-0.1, -0.05) is 30.3 Å². The fraction of sp³-hybridized carbons (Fsp3) is 0.143. The Labute approximate surface area is 118 Å². The van der Waals surface area contributed by atoms with Gasteiger partial charge in [0.25, 0.3) is 0 Å². The second kappa shape index (κ2) is 6.36. The standard InChI is InChI=1S/C14H12BrFOS/c15-12-8-4-7-11(14(12)16)13(17)9-18-10-5-2-1-3-6-10/h1-8,13,17H,9H2. The maximum absolute atomic E-state index is 13.8. The van der Waals surface area contributed by atoms with Crippen LogP contribution in [0, 0.1) is 5.82 Å². The number of halogens is 2.